The molecule has 0 amide bonds. The normalized spacial score (nSPS) is 11.5. The Morgan fingerprint density at radius 1 is 1.22 bits per heavy atom. The summed E-state index contributed by atoms with van der Waals surface area (Å²) in [5.74, 6) is 1.67. The number of aliphatic imine (C=N–C) groups is 1. The van der Waals surface area contributed by atoms with Gasteiger partial charge in [0.2, 0.25) is 0 Å². The number of aromatic nitrogens is 1. The summed E-state index contributed by atoms with van der Waals surface area (Å²) in [4.78, 5) is 8.79. The maximum atomic E-state index is 5.84. The molecule has 2 aromatic rings. The second-order valence-electron chi connectivity index (χ2n) is 6.29. The van der Waals surface area contributed by atoms with Gasteiger partial charge in [0.05, 0.1) is 11.6 Å². The number of ether oxygens (including phenoxy) is 2. The molecule has 0 aliphatic carbocycles. The molecule has 0 bridgehead atoms. The zero-order chi connectivity index (χ0) is 19.5. The van der Waals surface area contributed by atoms with Gasteiger partial charge < -0.3 is 20.1 Å². The van der Waals surface area contributed by atoms with Crippen LogP contribution in [0.3, 0.4) is 0 Å². The van der Waals surface area contributed by atoms with Crippen LogP contribution in [-0.4, -0.2) is 44.9 Å². The van der Waals surface area contributed by atoms with Gasteiger partial charge in [-0.25, -0.2) is 4.98 Å². The molecule has 6 nitrogen and oxygen atoms in total. The van der Waals surface area contributed by atoms with Crippen LogP contribution in [0.15, 0.2) is 28.6 Å². The molecule has 0 atom stereocenters. The van der Waals surface area contributed by atoms with Crippen LogP contribution in [-0.2, 0) is 17.7 Å². The number of aryl methyl sites for hydroxylation is 3. The van der Waals surface area contributed by atoms with Crippen LogP contribution in [0.5, 0.6) is 5.75 Å². The molecule has 148 valence electrons. The maximum Gasteiger partial charge on any atom is 0.191 e. The Morgan fingerprint density at radius 2 is 2.07 bits per heavy atom. The first-order chi connectivity index (χ1) is 13.1. The molecule has 0 aliphatic rings. The van der Waals surface area contributed by atoms with Gasteiger partial charge in [0.1, 0.15) is 12.4 Å². The SMILES string of the molecule is CN=C(NCCCc1nc(C)cs1)NCc1ccc(C)cc1OCCOC. The zero-order valence-electron chi connectivity index (χ0n) is 16.7. The van der Waals surface area contributed by atoms with Crippen molar-refractivity contribution in [2.24, 2.45) is 4.99 Å². The summed E-state index contributed by atoms with van der Waals surface area (Å²) in [6, 6.07) is 6.23. The minimum atomic E-state index is 0.538. The number of rotatable bonds is 10. The molecular weight excluding hydrogens is 360 g/mol. The first kappa shape index (κ1) is 21.2. The van der Waals surface area contributed by atoms with Crippen LogP contribution < -0.4 is 15.4 Å². The molecule has 0 unspecified atom stereocenters. The summed E-state index contributed by atoms with van der Waals surface area (Å²) < 4.78 is 10.9. The summed E-state index contributed by atoms with van der Waals surface area (Å²) >= 11 is 1.72. The number of nitrogens with one attached hydrogen (secondary N) is 2. The number of hydrogen-bond acceptors (Lipinski definition) is 5. The fraction of sp³-hybridized carbons (Fsp3) is 0.500. The largest absolute Gasteiger partial charge is 0.491 e. The lowest BCUT2D eigenvalue weighted by atomic mass is 10.1. The van der Waals surface area contributed by atoms with Gasteiger partial charge in [-0.15, -0.1) is 11.3 Å². The van der Waals surface area contributed by atoms with Crippen molar-refractivity contribution in [3.8, 4) is 5.75 Å². The topological polar surface area (TPSA) is 67.8 Å². The molecule has 1 heterocycles. The van der Waals surface area contributed by atoms with Crippen LogP contribution in [0.25, 0.3) is 0 Å². The van der Waals surface area contributed by atoms with E-state index in [0.29, 0.717) is 19.8 Å². The van der Waals surface area contributed by atoms with Gasteiger partial charge in [0.25, 0.3) is 0 Å². The third-order valence-corrected chi connectivity index (χ3v) is 4.99. The highest BCUT2D eigenvalue weighted by molar-refractivity contribution is 7.09. The van der Waals surface area contributed by atoms with E-state index in [2.05, 4.69) is 51.1 Å². The molecule has 2 rings (SSSR count). The number of nitrogens with zero attached hydrogens (tertiary/aromatic N) is 2. The number of benzene rings is 1. The van der Waals surface area contributed by atoms with E-state index in [9.17, 15) is 0 Å². The predicted octanol–water partition coefficient (Wildman–Crippen LogP) is 3.08. The highest BCUT2D eigenvalue weighted by atomic mass is 32.1. The molecule has 0 radical (unpaired) electrons. The van der Waals surface area contributed by atoms with E-state index in [-0.39, 0.29) is 0 Å². The number of thiazole rings is 1. The summed E-state index contributed by atoms with van der Waals surface area (Å²) in [5, 5.41) is 9.99. The van der Waals surface area contributed by atoms with E-state index in [1.807, 2.05) is 6.92 Å². The van der Waals surface area contributed by atoms with E-state index in [1.54, 1.807) is 25.5 Å². The number of hydrogen-bond donors (Lipinski definition) is 2. The van der Waals surface area contributed by atoms with E-state index >= 15 is 0 Å². The molecule has 0 saturated carbocycles. The van der Waals surface area contributed by atoms with Crippen molar-refractivity contribution < 1.29 is 9.47 Å². The molecule has 27 heavy (non-hydrogen) atoms. The fourth-order valence-corrected chi connectivity index (χ4v) is 3.36. The van der Waals surface area contributed by atoms with Gasteiger partial charge in [-0.2, -0.15) is 0 Å². The summed E-state index contributed by atoms with van der Waals surface area (Å²) in [7, 11) is 3.46. The standard InChI is InChI=1S/C20H30N4O2S/c1-15-7-8-17(18(12-15)26-11-10-25-4)13-23-20(21-3)22-9-5-6-19-24-16(2)14-27-19/h7-8,12,14H,5-6,9-11,13H2,1-4H3,(H2,21,22,23). The van der Waals surface area contributed by atoms with Gasteiger partial charge in [0.15, 0.2) is 5.96 Å². The molecule has 1 aromatic heterocycles. The van der Waals surface area contributed by atoms with E-state index in [1.165, 1.54) is 10.6 Å². The van der Waals surface area contributed by atoms with Crippen molar-refractivity contribution in [2.45, 2.75) is 33.2 Å². The van der Waals surface area contributed by atoms with Crippen LogP contribution in [0.1, 0.15) is 28.2 Å². The molecule has 0 fully saturated rings. The first-order valence-corrected chi connectivity index (χ1v) is 10.1. The summed E-state index contributed by atoms with van der Waals surface area (Å²) in [6.45, 7) is 6.70. The maximum absolute atomic E-state index is 5.84. The Bertz CT molecular complexity index is 731. The third-order valence-electron chi connectivity index (χ3n) is 3.96. The minimum absolute atomic E-state index is 0.538. The monoisotopic (exact) mass is 390 g/mol. The van der Waals surface area contributed by atoms with Gasteiger partial charge >= 0.3 is 0 Å². The highest BCUT2D eigenvalue weighted by Gasteiger charge is 2.06. The second kappa shape index (κ2) is 11.6. The lowest BCUT2D eigenvalue weighted by molar-refractivity contribution is 0.145. The Morgan fingerprint density at radius 3 is 2.78 bits per heavy atom. The van der Waals surface area contributed by atoms with E-state index in [0.717, 1.165) is 42.4 Å². The average Bonchev–Trinajstić information content (AvgIpc) is 3.08. The van der Waals surface area contributed by atoms with E-state index in [4.69, 9.17) is 9.47 Å². The van der Waals surface area contributed by atoms with Crippen molar-refractivity contribution >= 4 is 17.3 Å². The molecule has 1 aromatic carbocycles. The van der Waals surface area contributed by atoms with Gasteiger partial charge in [-0.05, 0) is 31.9 Å². The quantitative estimate of drug-likeness (QED) is 0.371. The van der Waals surface area contributed by atoms with Crippen molar-refractivity contribution in [1.29, 1.82) is 0 Å². The van der Waals surface area contributed by atoms with Crippen LogP contribution >= 0.6 is 11.3 Å². The summed E-state index contributed by atoms with van der Waals surface area (Å²) in [5.41, 5.74) is 3.37. The smallest absolute Gasteiger partial charge is 0.191 e. The number of guanidine groups is 1. The molecule has 0 aliphatic heterocycles. The Hall–Kier alpha value is -2.12. The molecular formula is C20H30N4O2S. The Kier molecular flexibility index (Phi) is 9.07. The molecule has 0 spiro atoms. The lowest BCUT2D eigenvalue weighted by Gasteiger charge is -2.15. The molecule has 0 saturated heterocycles. The van der Waals surface area contributed by atoms with Gasteiger partial charge in [0, 0.05) is 50.3 Å². The average molecular weight is 391 g/mol. The predicted molar refractivity (Wildman–Crippen MR) is 112 cm³/mol. The van der Waals surface area contributed by atoms with E-state index < -0.39 is 0 Å². The Labute approximate surface area is 166 Å². The highest BCUT2D eigenvalue weighted by Crippen LogP contribution is 2.20. The molecule has 2 N–H and O–H groups in total. The van der Waals surface area contributed by atoms with Crippen molar-refractivity contribution in [1.82, 2.24) is 15.6 Å². The second-order valence-corrected chi connectivity index (χ2v) is 7.23. The van der Waals surface area contributed by atoms with Crippen LogP contribution in [0.2, 0.25) is 0 Å². The van der Waals surface area contributed by atoms with Crippen molar-refractivity contribution in [3.05, 3.63) is 45.4 Å². The van der Waals surface area contributed by atoms with Crippen LogP contribution in [0.4, 0.5) is 0 Å². The first-order valence-electron chi connectivity index (χ1n) is 9.19. The fourth-order valence-electron chi connectivity index (χ4n) is 2.54. The van der Waals surface area contributed by atoms with Crippen molar-refractivity contribution in [2.75, 3.05) is 33.9 Å². The molecule has 7 heteroatoms. The summed E-state index contributed by atoms with van der Waals surface area (Å²) in [6.07, 6.45) is 2.00. The van der Waals surface area contributed by atoms with Gasteiger partial charge in [-0.3, -0.25) is 4.99 Å². The zero-order valence-corrected chi connectivity index (χ0v) is 17.5. The third kappa shape index (κ3) is 7.56. The Balaban J connectivity index is 1.79. The van der Waals surface area contributed by atoms with Crippen LogP contribution in [0, 0.1) is 13.8 Å². The number of methoxy groups -OCH3 is 1. The lowest BCUT2D eigenvalue weighted by Crippen LogP contribution is -2.37. The van der Waals surface area contributed by atoms with Gasteiger partial charge in [-0.1, -0.05) is 12.1 Å². The minimum Gasteiger partial charge on any atom is -0.491 e. The van der Waals surface area contributed by atoms with Crippen molar-refractivity contribution in [3.63, 3.8) is 0 Å².